The fraction of sp³-hybridized carbons (Fsp3) is 0.556. The molecule has 0 radical (unpaired) electrons. The van der Waals surface area contributed by atoms with E-state index in [1.165, 1.54) is 0 Å². The van der Waals surface area contributed by atoms with E-state index in [0.717, 1.165) is 18.9 Å². The molecule has 2 heterocycles. The first-order valence-electron chi connectivity index (χ1n) is 4.68. The fourth-order valence-electron chi connectivity index (χ4n) is 1.70. The summed E-state index contributed by atoms with van der Waals surface area (Å²) >= 11 is 5.72. The highest BCUT2D eigenvalue weighted by Gasteiger charge is 2.29. The number of hydrogen-bond acceptors (Lipinski definition) is 4. The van der Waals surface area contributed by atoms with Crippen molar-refractivity contribution in [2.24, 2.45) is 5.73 Å². The van der Waals surface area contributed by atoms with E-state index in [-0.39, 0.29) is 6.04 Å². The zero-order chi connectivity index (χ0) is 10.1. The first kappa shape index (κ1) is 9.68. The molecule has 0 aromatic carbocycles. The van der Waals surface area contributed by atoms with Gasteiger partial charge in [-0.05, 0) is 13.3 Å². The van der Waals surface area contributed by atoms with Gasteiger partial charge in [-0.15, -0.1) is 0 Å². The Morgan fingerprint density at radius 2 is 2.14 bits per heavy atom. The maximum atomic E-state index is 5.91. The van der Waals surface area contributed by atoms with Crippen LogP contribution < -0.4 is 10.6 Å². The van der Waals surface area contributed by atoms with Crippen molar-refractivity contribution < 1.29 is 0 Å². The van der Waals surface area contributed by atoms with Crippen molar-refractivity contribution in [2.75, 3.05) is 11.4 Å². The molecule has 0 saturated carbocycles. The van der Waals surface area contributed by atoms with Gasteiger partial charge in [-0.2, -0.15) is 0 Å². The second kappa shape index (κ2) is 3.71. The van der Waals surface area contributed by atoms with E-state index >= 15 is 0 Å². The molecule has 0 bridgehead atoms. The minimum absolute atomic E-state index is 0.217. The van der Waals surface area contributed by atoms with Crippen LogP contribution in [0.3, 0.4) is 0 Å². The molecular formula is C9H13ClN4. The maximum absolute atomic E-state index is 5.91. The van der Waals surface area contributed by atoms with Crippen LogP contribution in [0.4, 0.5) is 5.95 Å². The largest absolute Gasteiger partial charge is 0.337 e. The predicted molar refractivity (Wildman–Crippen MR) is 56.4 cm³/mol. The quantitative estimate of drug-likeness (QED) is 0.756. The zero-order valence-corrected chi connectivity index (χ0v) is 8.78. The molecule has 5 heteroatoms. The van der Waals surface area contributed by atoms with Crippen molar-refractivity contribution in [3.05, 3.63) is 17.4 Å². The van der Waals surface area contributed by atoms with Gasteiger partial charge in [0.05, 0.1) is 17.4 Å². The molecule has 1 aromatic rings. The molecule has 2 atom stereocenters. The van der Waals surface area contributed by atoms with Gasteiger partial charge >= 0.3 is 0 Å². The number of nitrogens with zero attached hydrogens (tertiary/aromatic N) is 3. The van der Waals surface area contributed by atoms with Gasteiger partial charge < -0.3 is 10.6 Å². The Labute approximate surface area is 88.1 Å². The molecule has 2 rings (SSSR count). The molecule has 0 spiro atoms. The van der Waals surface area contributed by atoms with Crippen LogP contribution in [-0.2, 0) is 0 Å². The molecule has 1 aliphatic heterocycles. The summed E-state index contributed by atoms with van der Waals surface area (Å²) in [6.45, 7) is 3.01. The molecule has 2 N–H and O–H groups in total. The third kappa shape index (κ3) is 1.67. The SMILES string of the molecule is CC1C(N)CCN1c1ncc(Cl)cn1. The highest BCUT2D eigenvalue weighted by Crippen LogP contribution is 2.21. The fourth-order valence-corrected chi connectivity index (χ4v) is 1.80. The van der Waals surface area contributed by atoms with Crippen LogP contribution in [0.25, 0.3) is 0 Å². The van der Waals surface area contributed by atoms with Crippen molar-refractivity contribution >= 4 is 17.5 Å². The van der Waals surface area contributed by atoms with Gasteiger partial charge in [-0.3, -0.25) is 0 Å². The van der Waals surface area contributed by atoms with Crippen molar-refractivity contribution in [3.63, 3.8) is 0 Å². The molecular weight excluding hydrogens is 200 g/mol. The van der Waals surface area contributed by atoms with Crippen LogP contribution in [0.2, 0.25) is 5.02 Å². The molecule has 1 saturated heterocycles. The monoisotopic (exact) mass is 212 g/mol. The van der Waals surface area contributed by atoms with E-state index in [0.29, 0.717) is 11.1 Å². The van der Waals surface area contributed by atoms with Crippen molar-refractivity contribution in [3.8, 4) is 0 Å². The molecule has 76 valence electrons. The topological polar surface area (TPSA) is 55.0 Å². The van der Waals surface area contributed by atoms with Crippen LogP contribution in [0, 0.1) is 0 Å². The number of hydrogen-bond donors (Lipinski definition) is 1. The van der Waals surface area contributed by atoms with Crippen LogP contribution >= 0.6 is 11.6 Å². The summed E-state index contributed by atoms with van der Waals surface area (Å²) in [5.41, 5.74) is 5.91. The van der Waals surface area contributed by atoms with E-state index in [9.17, 15) is 0 Å². The van der Waals surface area contributed by atoms with Gasteiger partial charge in [-0.25, -0.2) is 9.97 Å². The molecule has 1 aliphatic rings. The van der Waals surface area contributed by atoms with E-state index in [1.54, 1.807) is 12.4 Å². The van der Waals surface area contributed by atoms with Crippen LogP contribution in [0.5, 0.6) is 0 Å². The molecule has 4 nitrogen and oxygen atoms in total. The highest BCUT2D eigenvalue weighted by molar-refractivity contribution is 6.30. The van der Waals surface area contributed by atoms with Gasteiger partial charge in [0.1, 0.15) is 0 Å². The van der Waals surface area contributed by atoms with E-state index in [1.807, 2.05) is 0 Å². The number of halogens is 1. The summed E-state index contributed by atoms with van der Waals surface area (Å²) in [6.07, 6.45) is 4.22. The summed E-state index contributed by atoms with van der Waals surface area (Å²) < 4.78 is 0. The first-order chi connectivity index (χ1) is 6.68. The number of nitrogens with two attached hydrogens (primary N) is 1. The third-order valence-corrected chi connectivity index (χ3v) is 2.87. The average molecular weight is 213 g/mol. The Morgan fingerprint density at radius 1 is 1.50 bits per heavy atom. The first-order valence-corrected chi connectivity index (χ1v) is 5.06. The third-order valence-electron chi connectivity index (χ3n) is 2.68. The number of aromatic nitrogens is 2. The lowest BCUT2D eigenvalue weighted by molar-refractivity contribution is 0.618. The number of rotatable bonds is 1. The minimum atomic E-state index is 0.217. The maximum Gasteiger partial charge on any atom is 0.225 e. The molecule has 0 aliphatic carbocycles. The molecule has 1 aromatic heterocycles. The summed E-state index contributed by atoms with van der Waals surface area (Å²) in [6, 6.07) is 0.519. The summed E-state index contributed by atoms with van der Waals surface area (Å²) in [4.78, 5) is 10.5. The lowest BCUT2D eigenvalue weighted by Crippen LogP contribution is -2.37. The standard InChI is InChI=1S/C9H13ClN4/c1-6-8(11)2-3-14(6)9-12-4-7(10)5-13-9/h4-6,8H,2-3,11H2,1H3. The number of anilines is 1. The van der Waals surface area contributed by atoms with E-state index in [2.05, 4.69) is 21.8 Å². The smallest absolute Gasteiger partial charge is 0.225 e. The van der Waals surface area contributed by atoms with E-state index < -0.39 is 0 Å². The average Bonchev–Trinajstić information content (AvgIpc) is 2.50. The van der Waals surface area contributed by atoms with Crippen molar-refractivity contribution in [2.45, 2.75) is 25.4 Å². The second-order valence-electron chi connectivity index (χ2n) is 3.59. The molecule has 0 amide bonds. The van der Waals surface area contributed by atoms with Gasteiger partial charge in [0.25, 0.3) is 0 Å². The van der Waals surface area contributed by atoms with Crippen LogP contribution in [0.15, 0.2) is 12.4 Å². The molecule has 14 heavy (non-hydrogen) atoms. The molecule has 1 fully saturated rings. The Morgan fingerprint density at radius 3 is 2.64 bits per heavy atom. The lowest BCUT2D eigenvalue weighted by Gasteiger charge is -2.22. The highest BCUT2D eigenvalue weighted by atomic mass is 35.5. The Hall–Kier alpha value is -0.870. The second-order valence-corrected chi connectivity index (χ2v) is 4.02. The Bertz CT molecular complexity index is 313. The van der Waals surface area contributed by atoms with Crippen molar-refractivity contribution in [1.29, 1.82) is 0 Å². The van der Waals surface area contributed by atoms with Crippen LogP contribution in [-0.4, -0.2) is 28.6 Å². The lowest BCUT2D eigenvalue weighted by atomic mass is 10.2. The molecule has 2 unspecified atom stereocenters. The predicted octanol–water partition coefficient (Wildman–Crippen LogP) is 1.06. The summed E-state index contributed by atoms with van der Waals surface area (Å²) in [5, 5.41) is 0.560. The summed E-state index contributed by atoms with van der Waals surface area (Å²) in [5.74, 6) is 0.717. The van der Waals surface area contributed by atoms with Crippen LogP contribution in [0.1, 0.15) is 13.3 Å². The minimum Gasteiger partial charge on any atom is -0.337 e. The van der Waals surface area contributed by atoms with Gasteiger partial charge in [-0.1, -0.05) is 11.6 Å². The van der Waals surface area contributed by atoms with Gasteiger partial charge in [0.15, 0.2) is 0 Å². The zero-order valence-electron chi connectivity index (χ0n) is 8.02. The van der Waals surface area contributed by atoms with Gasteiger partial charge in [0, 0.05) is 18.6 Å². The van der Waals surface area contributed by atoms with Crippen molar-refractivity contribution in [1.82, 2.24) is 9.97 Å². The summed E-state index contributed by atoms with van der Waals surface area (Å²) in [7, 11) is 0. The Kier molecular flexibility index (Phi) is 2.56. The normalized spacial score (nSPS) is 26.9. The Balaban J connectivity index is 2.19. The van der Waals surface area contributed by atoms with Gasteiger partial charge in [0.2, 0.25) is 5.95 Å². The van der Waals surface area contributed by atoms with E-state index in [4.69, 9.17) is 17.3 Å².